The van der Waals surface area contributed by atoms with Crippen LogP contribution in [0.1, 0.15) is 11.4 Å². The summed E-state index contributed by atoms with van der Waals surface area (Å²) in [5.74, 6) is 1.27. The van der Waals surface area contributed by atoms with Gasteiger partial charge in [0.1, 0.15) is 11.3 Å². The molecule has 0 aliphatic carbocycles. The number of benzene rings is 1. The smallest absolute Gasteiger partial charge is 0.224 e. The van der Waals surface area contributed by atoms with Crippen molar-refractivity contribution in [2.75, 3.05) is 7.11 Å². The van der Waals surface area contributed by atoms with Gasteiger partial charge in [-0.05, 0) is 24.4 Å². The van der Waals surface area contributed by atoms with Gasteiger partial charge in [0, 0.05) is 24.1 Å². The molecule has 3 aromatic rings. The van der Waals surface area contributed by atoms with Gasteiger partial charge in [0.05, 0.1) is 26.3 Å². The lowest BCUT2D eigenvalue weighted by Gasteiger charge is -2.04. The molecule has 0 unspecified atom stereocenters. The first-order chi connectivity index (χ1) is 11.1. The summed E-state index contributed by atoms with van der Waals surface area (Å²) in [6.45, 7) is 0.312. The molecule has 0 aliphatic rings. The molecule has 23 heavy (non-hydrogen) atoms. The normalized spacial score (nSPS) is 10.9. The Morgan fingerprint density at radius 2 is 2.35 bits per heavy atom. The topological polar surface area (TPSA) is 85.1 Å². The molecule has 0 radical (unpaired) electrons. The molecule has 2 heterocycles. The van der Waals surface area contributed by atoms with E-state index < -0.39 is 0 Å². The third-order valence-corrected chi connectivity index (χ3v) is 4.00. The monoisotopic (exact) mass is 332 g/mol. The summed E-state index contributed by atoms with van der Waals surface area (Å²) in [7, 11) is 3.39. The molecule has 1 aromatic carbocycles. The van der Waals surface area contributed by atoms with Crippen LogP contribution in [0.5, 0.6) is 5.75 Å². The lowest BCUT2D eigenvalue weighted by Crippen LogP contribution is -2.25. The second kappa shape index (κ2) is 6.25. The van der Waals surface area contributed by atoms with Crippen LogP contribution in [0, 0.1) is 4.77 Å². The number of fused-ring (bicyclic) bond motifs is 1. The van der Waals surface area contributed by atoms with E-state index in [-0.39, 0.29) is 12.3 Å². The van der Waals surface area contributed by atoms with Crippen LogP contribution in [0.15, 0.2) is 28.9 Å². The summed E-state index contributed by atoms with van der Waals surface area (Å²) in [6, 6.07) is 5.52. The van der Waals surface area contributed by atoms with Gasteiger partial charge < -0.3 is 19.0 Å². The molecule has 0 spiro atoms. The molecular weight excluding hydrogens is 316 g/mol. The molecule has 0 aliphatic heterocycles. The van der Waals surface area contributed by atoms with Crippen molar-refractivity contribution < 1.29 is 13.9 Å². The van der Waals surface area contributed by atoms with Gasteiger partial charge in [-0.15, -0.1) is 0 Å². The van der Waals surface area contributed by atoms with E-state index in [1.54, 1.807) is 31.1 Å². The molecule has 0 bridgehead atoms. The molecule has 120 valence electrons. The average Bonchev–Trinajstić information content (AvgIpc) is 3.09. The number of ether oxygens (including phenoxy) is 1. The highest BCUT2D eigenvalue weighted by Gasteiger charge is 2.12. The van der Waals surface area contributed by atoms with E-state index >= 15 is 0 Å². The van der Waals surface area contributed by atoms with Crippen molar-refractivity contribution in [2.45, 2.75) is 13.0 Å². The number of hydrogen-bond donors (Lipinski definition) is 2. The number of hydrogen-bond acceptors (Lipinski definition) is 5. The molecule has 0 saturated heterocycles. The molecule has 8 heteroatoms. The number of aromatic amines is 1. The number of nitrogens with one attached hydrogen (secondary N) is 2. The number of carbonyl (C=O) groups excluding carboxylic acids is 1. The summed E-state index contributed by atoms with van der Waals surface area (Å²) in [5.41, 5.74) is 1.53. The number of nitrogens with zero attached hydrogens (tertiary/aromatic N) is 2. The first-order valence-corrected chi connectivity index (χ1v) is 7.40. The number of aromatic nitrogens is 3. The maximum absolute atomic E-state index is 12.1. The fourth-order valence-corrected chi connectivity index (χ4v) is 2.43. The molecule has 2 N–H and O–H groups in total. The summed E-state index contributed by atoms with van der Waals surface area (Å²) < 4.78 is 12.9. The Morgan fingerprint density at radius 1 is 1.52 bits per heavy atom. The van der Waals surface area contributed by atoms with Crippen LogP contribution in [0.3, 0.4) is 0 Å². The molecule has 0 saturated carbocycles. The van der Waals surface area contributed by atoms with E-state index in [0.29, 0.717) is 28.5 Å². The molecule has 0 atom stereocenters. The van der Waals surface area contributed by atoms with Crippen LogP contribution in [0.4, 0.5) is 0 Å². The van der Waals surface area contributed by atoms with Gasteiger partial charge in [-0.25, -0.2) is 0 Å². The van der Waals surface area contributed by atoms with Gasteiger partial charge in [0.15, 0.2) is 10.6 Å². The number of carbonyl (C=O) groups is 1. The minimum atomic E-state index is -0.113. The minimum Gasteiger partial charge on any atom is -0.497 e. The minimum absolute atomic E-state index is 0.113. The number of rotatable bonds is 5. The van der Waals surface area contributed by atoms with Crippen molar-refractivity contribution >= 4 is 29.1 Å². The number of amides is 1. The third-order valence-electron chi connectivity index (χ3n) is 3.63. The fraction of sp³-hybridized carbons (Fsp3) is 0.267. The zero-order valence-corrected chi connectivity index (χ0v) is 13.6. The summed E-state index contributed by atoms with van der Waals surface area (Å²) >= 11 is 5.03. The van der Waals surface area contributed by atoms with Crippen molar-refractivity contribution in [1.82, 2.24) is 20.1 Å². The highest BCUT2D eigenvalue weighted by molar-refractivity contribution is 7.71. The summed E-state index contributed by atoms with van der Waals surface area (Å²) in [5, 5.41) is 10.5. The molecule has 7 nitrogen and oxygen atoms in total. The lowest BCUT2D eigenvalue weighted by atomic mass is 10.1. The Morgan fingerprint density at radius 3 is 3.04 bits per heavy atom. The van der Waals surface area contributed by atoms with Gasteiger partial charge in [-0.3, -0.25) is 9.89 Å². The zero-order chi connectivity index (χ0) is 16.4. The first kappa shape index (κ1) is 15.3. The Balaban J connectivity index is 1.68. The lowest BCUT2D eigenvalue weighted by molar-refractivity contribution is -0.120. The SMILES string of the molecule is COc1ccc2c(CC(=O)NCc3n[nH]c(=S)n3C)coc2c1. The van der Waals surface area contributed by atoms with Crippen molar-refractivity contribution in [3.8, 4) is 5.75 Å². The molecule has 3 rings (SSSR count). The van der Waals surface area contributed by atoms with Gasteiger partial charge in [0.2, 0.25) is 5.91 Å². The summed E-state index contributed by atoms with van der Waals surface area (Å²) in [4.78, 5) is 12.1. The number of furan rings is 1. The molecule has 1 amide bonds. The first-order valence-electron chi connectivity index (χ1n) is 6.99. The number of methoxy groups -OCH3 is 1. The van der Waals surface area contributed by atoms with Crippen molar-refractivity contribution in [2.24, 2.45) is 7.05 Å². The van der Waals surface area contributed by atoms with Crippen molar-refractivity contribution in [3.05, 3.63) is 40.6 Å². The van der Waals surface area contributed by atoms with Gasteiger partial charge in [-0.1, -0.05) is 0 Å². The maximum atomic E-state index is 12.1. The van der Waals surface area contributed by atoms with Crippen LogP contribution in [-0.4, -0.2) is 27.8 Å². The highest BCUT2D eigenvalue weighted by atomic mass is 32.1. The van der Waals surface area contributed by atoms with E-state index in [1.807, 2.05) is 12.1 Å². The number of H-pyrrole nitrogens is 1. The Bertz CT molecular complexity index is 909. The van der Waals surface area contributed by atoms with Crippen LogP contribution < -0.4 is 10.1 Å². The van der Waals surface area contributed by atoms with Gasteiger partial charge in [-0.2, -0.15) is 5.10 Å². The second-order valence-corrected chi connectivity index (χ2v) is 5.47. The summed E-state index contributed by atoms with van der Waals surface area (Å²) in [6.07, 6.45) is 1.83. The van der Waals surface area contributed by atoms with Gasteiger partial charge in [0.25, 0.3) is 0 Å². The largest absolute Gasteiger partial charge is 0.497 e. The maximum Gasteiger partial charge on any atom is 0.224 e. The molecule has 2 aromatic heterocycles. The van der Waals surface area contributed by atoms with Crippen molar-refractivity contribution in [3.63, 3.8) is 0 Å². The Labute approximate surface area is 137 Å². The highest BCUT2D eigenvalue weighted by Crippen LogP contribution is 2.25. The fourth-order valence-electron chi connectivity index (χ4n) is 2.28. The average molecular weight is 332 g/mol. The zero-order valence-electron chi connectivity index (χ0n) is 12.8. The predicted octanol–water partition coefficient (Wildman–Crippen LogP) is 2.09. The van der Waals surface area contributed by atoms with Crippen LogP contribution in [0.2, 0.25) is 0 Å². The van der Waals surface area contributed by atoms with E-state index in [1.165, 1.54) is 0 Å². The second-order valence-electron chi connectivity index (χ2n) is 5.08. The quantitative estimate of drug-likeness (QED) is 0.699. The van der Waals surface area contributed by atoms with E-state index in [0.717, 1.165) is 10.9 Å². The van der Waals surface area contributed by atoms with Gasteiger partial charge >= 0.3 is 0 Å². The van der Waals surface area contributed by atoms with Crippen LogP contribution >= 0.6 is 12.2 Å². The Hall–Kier alpha value is -2.61. The van der Waals surface area contributed by atoms with E-state index in [4.69, 9.17) is 21.4 Å². The van der Waals surface area contributed by atoms with Crippen LogP contribution in [-0.2, 0) is 24.8 Å². The van der Waals surface area contributed by atoms with E-state index in [2.05, 4.69) is 15.5 Å². The Kier molecular flexibility index (Phi) is 4.16. The third kappa shape index (κ3) is 3.11. The predicted molar refractivity (Wildman–Crippen MR) is 86.7 cm³/mol. The molecule has 0 fully saturated rings. The van der Waals surface area contributed by atoms with Crippen molar-refractivity contribution in [1.29, 1.82) is 0 Å². The standard InChI is InChI=1S/C15H16N4O3S/c1-19-13(17-18-15(19)23)7-16-14(20)5-9-8-22-12-6-10(21-2)3-4-11(9)12/h3-4,6,8H,5,7H2,1-2H3,(H,16,20)(H,18,23). The van der Waals surface area contributed by atoms with Crippen LogP contribution in [0.25, 0.3) is 11.0 Å². The van der Waals surface area contributed by atoms with E-state index in [9.17, 15) is 4.79 Å². The molecular formula is C15H16N4O3S.